The summed E-state index contributed by atoms with van der Waals surface area (Å²) in [4.78, 5) is 2.47. The molecule has 37 heavy (non-hydrogen) atoms. The minimum Gasteiger partial charge on any atom is -0.336 e. The van der Waals surface area contributed by atoms with Crippen molar-refractivity contribution in [1.29, 1.82) is 0 Å². The van der Waals surface area contributed by atoms with Crippen molar-refractivity contribution in [1.82, 2.24) is 0 Å². The van der Waals surface area contributed by atoms with Crippen molar-refractivity contribution in [2.24, 2.45) is 0 Å². The van der Waals surface area contributed by atoms with Crippen molar-refractivity contribution in [3.05, 3.63) is 145 Å². The van der Waals surface area contributed by atoms with E-state index in [1.54, 1.807) is 0 Å². The van der Waals surface area contributed by atoms with Gasteiger partial charge < -0.3 is 4.90 Å². The van der Waals surface area contributed by atoms with E-state index in [1.165, 1.54) is 66.7 Å². The van der Waals surface area contributed by atoms with E-state index in [0.29, 0.717) is 0 Å². The first-order valence-electron chi connectivity index (χ1n) is 12.9. The number of hydrogen-bond acceptors (Lipinski definition) is 1. The van der Waals surface area contributed by atoms with Crippen LogP contribution in [0.1, 0.15) is 11.1 Å². The molecule has 0 unspecified atom stereocenters. The Morgan fingerprint density at radius 2 is 1.27 bits per heavy atom. The van der Waals surface area contributed by atoms with Crippen molar-refractivity contribution in [3.63, 3.8) is 0 Å². The number of para-hydroxylation sites is 1. The summed E-state index contributed by atoms with van der Waals surface area (Å²) >= 11 is 0. The van der Waals surface area contributed by atoms with Gasteiger partial charge in [0.05, 0.1) is 0 Å². The Bertz CT molecular complexity index is 1760. The molecule has 1 aliphatic rings. The third kappa shape index (κ3) is 3.63. The van der Waals surface area contributed by atoms with E-state index in [1.807, 2.05) is 0 Å². The molecule has 6 aromatic rings. The third-order valence-corrected chi connectivity index (χ3v) is 7.63. The lowest BCUT2D eigenvalue weighted by Gasteiger charge is -2.34. The number of hydrogen-bond donors (Lipinski definition) is 0. The van der Waals surface area contributed by atoms with Crippen molar-refractivity contribution in [3.8, 4) is 33.4 Å². The molecule has 0 aromatic heterocycles. The van der Waals surface area contributed by atoms with E-state index in [4.69, 9.17) is 0 Å². The number of anilines is 2. The maximum absolute atomic E-state index is 2.47. The quantitative estimate of drug-likeness (QED) is 0.247. The molecule has 0 amide bonds. The Kier molecular flexibility index (Phi) is 5.15. The molecule has 1 heterocycles. The van der Waals surface area contributed by atoms with Crippen LogP contribution in [0.5, 0.6) is 0 Å². The highest BCUT2D eigenvalue weighted by Crippen LogP contribution is 2.46. The third-order valence-electron chi connectivity index (χ3n) is 7.63. The van der Waals surface area contributed by atoms with Gasteiger partial charge in [-0.25, -0.2) is 0 Å². The Morgan fingerprint density at radius 1 is 0.514 bits per heavy atom. The average Bonchev–Trinajstić information content (AvgIpc) is 2.96. The summed E-state index contributed by atoms with van der Waals surface area (Å²) in [6.07, 6.45) is 0. The zero-order valence-corrected chi connectivity index (χ0v) is 20.9. The van der Waals surface area contributed by atoms with Crippen LogP contribution < -0.4 is 4.90 Å². The molecule has 0 fully saturated rings. The summed E-state index contributed by atoms with van der Waals surface area (Å²) < 4.78 is 0. The summed E-state index contributed by atoms with van der Waals surface area (Å²) in [5.74, 6) is 0. The van der Waals surface area contributed by atoms with E-state index >= 15 is 0 Å². The van der Waals surface area contributed by atoms with Gasteiger partial charge in [0.15, 0.2) is 0 Å². The zero-order valence-electron chi connectivity index (χ0n) is 20.9. The van der Waals surface area contributed by atoms with Gasteiger partial charge >= 0.3 is 0 Å². The highest BCUT2D eigenvalue weighted by atomic mass is 15.1. The summed E-state index contributed by atoms with van der Waals surface area (Å²) in [7, 11) is 0. The topological polar surface area (TPSA) is 3.24 Å². The van der Waals surface area contributed by atoms with E-state index in [0.717, 1.165) is 6.54 Å². The Morgan fingerprint density at radius 3 is 2.16 bits per heavy atom. The number of aryl methyl sites for hydroxylation is 1. The minimum absolute atomic E-state index is 0.874. The molecule has 176 valence electrons. The Balaban J connectivity index is 1.48. The van der Waals surface area contributed by atoms with Crippen LogP contribution in [-0.2, 0) is 6.54 Å². The molecule has 0 saturated heterocycles. The van der Waals surface area contributed by atoms with Gasteiger partial charge in [0.2, 0.25) is 0 Å². The normalized spacial score (nSPS) is 12.3. The second-order valence-corrected chi connectivity index (χ2v) is 9.84. The molecule has 0 N–H and O–H groups in total. The van der Waals surface area contributed by atoms with E-state index in [-0.39, 0.29) is 0 Å². The fraction of sp³-hybridized carbons (Fsp3) is 0.0556. The van der Waals surface area contributed by atoms with Crippen LogP contribution in [0.2, 0.25) is 0 Å². The predicted molar refractivity (Wildman–Crippen MR) is 157 cm³/mol. The first-order valence-corrected chi connectivity index (χ1v) is 12.9. The van der Waals surface area contributed by atoms with E-state index in [2.05, 4.69) is 145 Å². The molecule has 6 aromatic carbocycles. The summed E-state index contributed by atoms with van der Waals surface area (Å²) in [5.41, 5.74) is 12.8. The fourth-order valence-corrected chi connectivity index (χ4v) is 5.84. The minimum atomic E-state index is 0.874. The lowest BCUT2D eigenvalue weighted by atomic mass is 9.86. The van der Waals surface area contributed by atoms with Gasteiger partial charge in [0.25, 0.3) is 0 Å². The molecule has 7 rings (SSSR count). The lowest BCUT2D eigenvalue weighted by molar-refractivity contribution is 0.955. The van der Waals surface area contributed by atoms with Crippen LogP contribution in [0, 0.1) is 6.92 Å². The van der Waals surface area contributed by atoms with Gasteiger partial charge in [-0.15, -0.1) is 0 Å². The van der Waals surface area contributed by atoms with Crippen molar-refractivity contribution < 1.29 is 0 Å². The Labute approximate surface area is 218 Å². The molecule has 1 heteroatoms. The standard InChI is InChI=1S/C36H27N/c1-25-11-5-10-18-34(25)37-24-29-15-7-8-16-30(29)33-23-28(20-22-35(33)37)32-21-19-26-12-6-9-17-31(26)36(32)27-13-3-2-4-14-27/h2-23H,24H2,1H3. The van der Waals surface area contributed by atoms with Gasteiger partial charge in [0, 0.05) is 23.5 Å². The molecule has 0 spiro atoms. The number of fused-ring (bicyclic) bond motifs is 4. The maximum Gasteiger partial charge on any atom is 0.0494 e. The zero-order chi connectivity index (χ0) is 24.8. The van der Waals surface area contributed by atoms with Crippen molar-refractivity contribution in [2.45, 2.75) is 13.5 Å². The van der Waals surface area contributed by atoms with Crippen LogP contribution in [0.15, 0.2) is 133 Å². The number of benzene rings is 6. The number of nitrogens with zero attached hydrogens (tertiary/aromatic N) is 1. The predicted octanol–water partition coefficient (Wildman–Crippen LogP) is 9.80. The summed E-state index contributed by atoms with van der Waals surface area (Å²) in [6, 6.07) is 48.6. The van der Waals surface area contributed by atoms with Crippen molar-refractivity contribution >= 4 is 22.1 Å². The van der Waals surface area contributed by atoms with Crippen LogP contribution >= 0.6 is 0 Å². The Hall–Kier alpha value is -4.62. The number of rotatable bonds is 3. The molecule has 0 bridgehead atoms. The monoisotopic (exact) mass is 473 g/mol. The van der Waals surface area contributed by atoms with Gasteiger partial charge in [-0.05, 0) is 74.8 Å². The first kappa shape index (κ1) is 21.6. The summed E-state index contributed by atoms with van der Waals surface area (Å²) in [5, 5.41) is 2.55. The van der Waals surface area contributed by atoms with Gasteiger partial charge in [-0.3, -0.25) is 0 Å². The van der Waals surface area contributed by atoms with Gasteiger partial charge in [0.1, 0.15) is 0 Å². The molecular formula is C36H27N. The summed E-state index contributed by atoms with van der Waals surface area (Å²) in [6.45, 7) is 3.07. The molecule has 1 nitrogen and oxygen atoms in total. The maximum atomic E-state index is 2.47. The molecule has 0 aliphatic carbocycles. The first-order chi connectivity index (χ1) is 18.3. The smallest absolute Gasteiger partial charge is 0.0494 e. The molecule has 0 saturated carbocycles. The second-order valence-electron chi connectivity index (χ2n) is 9.84. The van der Waals surface area contributed by atoms with E-state index in [9.17, 15) is 0 Å². The fourth-order valence-electron chi connectivity index (χ4n) is 5.84. The van der Waals surface area contributed by atoms with Crippen LogP contribution in [-0.4, -0.2) is 0 Å². The second kappa shape index (κ2) is 8.80. The molecule has 0 radical (unpaired) electrons. The SMILES string of the molecule is Cc1ccccc1N1Cc2ccccc2-c2cc(-c3ccc4ccccc4c3-c3ccccc3)ccc21. The molecular weight excluding hydrogens is 446 g/mol. The van der Waals surface area contributed by atoms with Crippen LogP contribution in [0.3, 0.4) is 0 Å². The largest absolute Gasteiger partial charge is 0.336 e. The average molecular weight is 474 g/mol. The van der Waals surface area contributed by atoms with Crippen LogP contribution in [0.25, 0.3) is 44.2 Å². The molecule has 1 aliphatic heterocycles. The van der Waals surface area contributed by atoms with Gasteiger partial charge in [-0.2, -0.15) is 0 Å². The van der Waals surface area contributed by atoms with Gasteiger partial charge in [-0.1, -0.05) is 115 Å². The lowest BCUT2D eigenvalue weighted by Crippen LogP contribution is -2.22. The molecule has 0 atom stereocenters. The van der Waals surface area contributed by atoms with E-state index < -0.39 is 0 Å². The van der Waals surface area contributed by atoms with Crippen LogP contribution in [0.4, 0.5) is 11.4 Å². The highest BCUT2D eigenvalue weighted by Gasteiger charge is 2.25. The van der Waals surface area contributed by atoms with Crippen molar-refractivity contribution in [2.75, 3.05) is 4.90 Å². The highest BCUT2D eigenvalue weighted by molar-refractivity contribution is 6.05.